The summed E-state index contributed by atoms with van der Waals surface area (Å²) in [4.78, 5) is 0. The van der Waals surface area contributed by atoms with Crippen molar-refractivity contribution < 1.29 is 8.42 Å². The summed E-state index contributed by atoms with van der Waals surface area (Å²) in [5, 5.41) is 3.39. The number of rotatable bonds is 9. The van der Waals surface area contributed by atoms with Gasteiger partial charge in [0.1, 0.15) is 0 Å². The Labute approximate surface area is 109 Å². The lowest BCUT2D eigenvalue weighted by molar-refractivity contribution is 0.555. The molecule has 2 atom stereocenters. The molecule has 1 aliphatic rings. The zero-order chi connectivity index (χ0) is 12.9. The van der Waals surface area contributed by atoms with Crippen molar-refractivity contribution in [2.75, 3.05) is 19.3 Å². The van der Waals surface area contributed by atoms with Crippen LogP contribution in [0.1, 0.15) is 33.1 Å². The molecule has 0 spiro atoms. The summed E-state index contributed by atoms with van der Waals surface area (Å²) >= 11 is 1.76. The molecule has 4 nitrogen and oxygen atoms in total. The van der Waals surface area contributed by atoms with Crippen LogP contribution < -0.4 is 10.0 Å². The Morgan fingerprint density at radius 2 is 2.00 bits per heavy atom. The van der Waals surface area contributed by atoms with Gasteiger partial charge in [-0.1, -0.05) is 6.92 Å². The minimum atomic E-state index is -3.15. The van der Waals surface area contributed by atoms with Gasteiger partial charge < -0.3 is 5.32 Å². The molecule has 6 heteroatoms. The van der Waals surface area contributed by atoms with Crippen LogP contribution in [0.15, 0.2) is 0 Å². The summed E-state index contributed by atoms with van der Waals surface area (Å²) in [7, 11) is -3.15. The van der Waals surface area contributed by atoms with Gasteiger partial charge in [-0.05, 0) is 32.4 Å². The van der Waals surface area contributed by atoms with Gasteiger partial charge in [0.15, 0.2) is 0 Å². The SMILES string of the molecule is CSC(C)CCNS(=O)(=O)C(C)CNC1CC1. The predicted octanol–water partition coefficient (Wildman–Crippen LogP) is 1.19. The highest BCUT2D eigenvalue weighted by Gasteiger charge is 2.25. The fourth-order valence-corrected chi connectivity index (χ4v) is 2.75. The van der Waals surface area contributed by atoms with Crippen molar-refractivity contribution in [3.05, 3.63) is 0 Å². The van der Waals surface area contributed by atoms with Gasteiger partial charge in [0.2, 0.25) is 10.0 Å². The third-order valence-corrected chi connectivity index (χ3v) is 5.93. The molecule has 0 radical (unpaired) electrons. The Kier molecular flexibility index (Phi) is 6.26. The molecular weight excluding hydrogens is 256 g/mol. The molecule has 102 valence electrons. The van der Waals surface area contributed by atoms with Gasteiger partial charge in [-0.15, -0.1) is 0 Å². The van der Waals surface area contributed by atoms with Gasteiger partial charge in [-0.25, -0.2) is 13.1 Å². The molecule has 0 aromatic carbocycles. The van der Waals surface area contributed by atoms with Crippen molar-refractivity contribution in [3.63, 3.8) is 0 Å². The van der Waals surface area contributed by atoms with Crippen LogP contribution in [0, 0.1) is 0 Å². The number of nitrogens with one attached hydrogen (secondary N) is 2. The summed E-state index contributed by atoms with van der Waals surface area (Å²) in [6, 6.07) is 0.559. The first-order valence-corrected chi connectivity index (χ1v) is 9.03. The quantitative estimate of drug-likeness (QED) is 0.666. The van der Waals surface area contributed by atoms with Crippen LogP contribution in [0.4, 0.5) is 0 Å². The summed E-state index contributed by atoms with van der Waals surface area (Å²) < 4.78 is 26.4. The number of thioether (sulfide) groups is 1. The van der Waals surface area contributed by atoms with Crippen LogP contribution in [0.25, 0.3) is 0 Å². The maximum atomic E-state index is 11.9. The van der Waals surface area contributed by atoms with Crippen LogP contribution in [-0.2, 0) is 10.0 Å². The van der Waals surface area contributed by atoms with Crippen molar-refractivity contribution in [3.8, 4) is 0 Å². The molecule has 0 saturated heterocycles. The second-order valence-electron chi connectivity index (χ2n) is 4.77. The molecule has 1 fully saturated rings. The second kappa shape index (κ2) is 6.97. The van der Waals surface area contributed by atoms with Crippen molar-refractivity contribution in [1.82, 2.24) is 10.0 Å². The van der Waals surface area contributed by atoms with Gasteiger partial charge >= 0.3 is 0 Å². The molecule has 0 heterocycles. The maximum Gasteiger partial charge on any atom is 0.215 e. The van der Waals surface area contributed by atoms with Crippen molar-refractivity contribution >= 4 is 21.8 Å². The molecule has 0 aromatic rings. The van der Waals surface area contributed by atoms with Crippen molar-refractivity contribution in [2.45, 2.75) is 49.7 Å². The van der Waals surface area contributed by atoms with E-state index in [2.05, 4.69) is 17.0 Å². The summed E-state index contributed by atoms with van der Waals surface area (Å²) in [6.45, 7) is 4.96. The first kappa shape index (κ1) is 15.3. The molecular formula is C11H24N2O2S2. The summed E-state index contributed by atoms with van der Waals surface area (Å²) in [5.41, 5.74) is 0. The van der Waals surface area contributed by atoms with E-state index in [0.717, 1.165) is 6.42 Å². The second-order valence-corrected chi connectivity index (χ2v) is 8.23. The van der Waals surface area contributed by atoms with E-state index in [1.807, 2.05) is 6.26 Å². The molecule has 0 aromatic heterocycles. The summed E-state index contributed by atoms with van der Waals surface area (Å²) in [6.07, 6.45) is 5.29. The van der Waals surface area contributed by atoms with E-state index in [4.69, 9.17) is 0 Å². The van der Waals surface area contributed by atoms with Crippen LogP contribution in [-0.4, -0.2) is 44.3 Å². The van der Waals surface area contributed by atoms with Crippen LogP contribution in [0.5, 0.6) is 0 Å². The maximum absolute atomic E-state index is 11.9. The Balaban J connectivity index is 2.22. The van der Waals surface area contributed by atoms with Gasteiger partial charge in [0.05, 0.1) is 5.25 Å². The highest BCUT2D eigenvalue weighted by atomic mass is 32.2. The molecule has 1 saturated carbocycles. The smallest absolute Gasteiger partial charge is 0.215 e. The number of hydrogen-bond donors (Lipinski definition) is 2. The predicted molar refractivity (Wildman–Crippen MR) is 75.0 cm³/mol. The summed E-state index contributed by atoms with van der Waals surface area (Å²) in [5.74, 6) is 0. The third-order valence-electron chi connectivity index (χ3n) is 3.06. The molecule has 2 unspecified atom stereocenters. The topological polar surface area (TPSA) is 58.2 Å². The molecule has 1 aliphatic carbocycles. The Bertz CT molecular complexity index is 315. The van der Waals surface area contributed by atoms with E-state index >= 15 is 0 Å². The van der Waals surface area contributed by atoms with Gasteiger partial charge in [0.25, 0.3) is 0 Å². The largest absolute Gasteiger partial charge is 0.313 e. The lowest BCUT2D eigenvalue weighted by Crippen LogP contribution is -2.40. The van der Waals surface area contributed by atoms with Gasteiger partial charge in [-0.3, -0.25) is 0 Å². The zero-order valence-electron chi connectivity index (χ0n) is 10.9. The minimum Gasteiger partial charge on any atom is -0.313 e. The highest BCUT2D eigenvalue weighted by Crippen LogP contribution is 2.18. The first-order valence-electron chi connectivity index (χ1n) is 6.20. The molecule has 2 N–H and O–H groups in total. The monoisotopic (exact) mass is 280 g/mol. The van der Waals surface area contributed by atoms with Gasteiger partial charge in [-0.2, -0.15) is 11.8 Å². The lowest BCUT2D eigenvalue weighted by Gasteiger charge is -2.15. The van der Waals surface area contributed by atoms with E-state index in [-0.39, 0.29) is 5.25 Å². The van der Waals surface area contributed by atoms with E-state index < -0.39 is 10.0 Å². The normalized spacial score (nSPS) is 20.2. The fraction of sp³-hybridized carbons (Fsp3) is 1.00. The zero-order valence-corrected chi connectivity index (χ0v) is 12.5. The third kappa shape index (κ3) is 6.08. The molecule has 17 heavy (non-hydrogen) atoms. The van der Waals surface area contributed by atoms with E-state index in [1.165, 1.54) is 12.8 Å². The van der Waals surface area contributed by atoms with Crippen molar-refractivity contribution in [1.29, 1.82) is 0 Å². The van der Waals surface area contributed by atoms with Crippen molar-refractivity contribution in [2.24, 2.45) is 0 Å². The Morgan fingerprint density at radius 3 is 2.53 bits per heavy atom. The fourth-order valence-electron chi connectivity index (χ4n) is 1.39. The van der Waals surface area contributed by atoms with E-state index in [0.29, 0.717) is 24.4 Å². The van der Waals surface area contributed by atoms with Crippen LogP contribution in [0.3, 0.4) is 0 Å². The molecule has 0 amide bonds. The Hall–Kier alpha value is 0.220. The highest BCUT2D eigenvalue weighted by molar-refractivity contribution is 7.99. The lowest BCUT2D eigenvalue weighted by atomic mass is 10.3. The standard InChI is InChI=1S/C11H24N2O2S2/c1-9(16-3)6-7-13-17(14,15)10(2)8-12-11-4-5-11/h9-13H,4-8H2,1-3H3. The molecule has 0 aliphatic heterocycles. The Morgan fingerprint density at radius 1 is 1.35 bits per heavy atom. The van der Waals surface area contributed by atoms with Gasteiger partial charge in [0, 0.05) is 24.4 Å². The van der Waals surface area contributed by atoms with E-state index in [9.17, 15) is 8.42 Å². The number of sulfonamides is 1. The minimum absolute atomic E-state index is 0.354. The molecule has 1 rings (SSSR count). The van der Waals surface area contributed by atoms with Crippen LogP contribution >= 0.6 is 11.8 Å². The van der Waals surface area contributed by atoms with E-state index in [1.54, 1.807) is 18.7 Å². The number of hydrogen-bond acceptors (Lipinski definition) is 4. The van der Waals surface area contributed by atoms with Crippen LogP contribution in [0.2, 0.25) is 0 Å². The average molecular weight is 280 g/mol. The first-order chi connectivity index (χ1) is 7.95. The average Bonchev–Trinajstić information content (AvgIpc) is 3.09. The molecule has 0 bridgehead atoms.